The Morgan fingerprint density at radius 1 is 1.12 bits per heavy atom. The molecule has 1 saturated carbocycles. The zero-order valence-corrected chi connectivity index (χ0v) is 13.8. The number of rotatable bonds is 3. The Labute approximate surface area is 144 Å². The fraction of sp³-hybridized carbons (Fsp3) is 0.333. The van der Waals surface area contributed by atoms with E-state index in [2.05, 4.69) is 30.4 Å². The molecule has 0 aromatic carbocycles. The molecule has 25 heavy (non-hydrogen) atoms. The van der Waals surface area contributed by atoms with E-state index in [9.17, 15) is 0 Å². The molecule has 4 heterocycles. The van der Waals surface area contributed by atoms with Gasteiger partial charge in [0.05, 0.1) is 11.9 Å². The fourth-order valence-electron chi connectivity index (χ4n) is 3.58. The second-order valence-electron chi connectivity index (χ2n) is 6.58. The van der Waals surface area contributed by atoms with E-state index in [1.807, 2.05) is 30.7 Å². The third kappa shape index (κ3) is 2.61. The van der Waals surface area contributed by atoms with Gasteiger partial charge in [-0.2, -0.15) is 10.1 Å². The highest BCUT2D eigenvalue weighted by Gasteiger charge is 2.15. The molecule has 4 aromatic heterocycles. The molecule has 126 valence electrons. The first kappa shape index (κ1) is 14.4. The summed E-state index contributed by atoms with van der Waals surface area (Å²) >= 11 is 0. The Kier molecular flexibility index (Phi) is 3.36. The molecule has 0 amide bonds. The molecule has 0 aliphatic heterocycles. The first-order valence-electron chi connectivity index (χ1n) is 8.78. The first-order valence-corrected chi connectivity index (χ1v) is 8.78. The first-order chi connectivity index (χ1) is 12.4. The van der Waals surface area contributed by atoms with Gasteiger partial charge in [0.1, 0.15) is 5.65 Å². The molecule has 4 aromatic rings. The van der Waals surface area contributed by atoms with E-state index in [0.29, 0.717) is 12.0 Å². The summed E-state index contributed by atoms with van der Waals surface area (Å²) in [4.78, 5) is 17.1. The lowest BCUT2D eigenvalue weighted by Crippen LogP contribution is -2.23. The van der Waals surface area contributed by atoms with E-state index in [-0.39, 0.29) is 0 Å². The summed E-state index contributed by atoms with van der Waals surface area (Å²) in [7, 11) is 0. The minimum Gasteiger partial charge on any atom is -0.351 e. The zero-order chi connectivity index (χ0) is 16.6. The van der Waals surface area contributed by atoms with E-state index < -0.39 is 0 Å². The SMILES string of the molecule is c1cc2nc(-c3c[nH]c4nc(NC5CCCCC5)ncc34)ccn2n1. The maximum atomic E-state index is 4.65. The number of hydrogen-bond donors (Lipinski definition) is 2. The van der Waals surface area contributed by atoms with Crippen molar-refractivity contribution in [2.45, 2.75) is 38.1 Å². The lowest BCUT2D eigenvalue weighted by Gasteiger charge is -2.22. The lowest BCUT2D eigenvalue weighted by molar-refractivity contribution is 0.461. The van der Waals surface area contributed by atoms with Gasteiger partial charge < -0.3 is 10.3 Å². The molecule has 2 N–H and O–H groups in total. The van der Waals surface area contributed by atoms with Crippen molar-refractivity contribution in [2.24, 2.45) is 0 Å². The van der Waals surface area contributed by atoms with Crippen molar-refractivity contribution in [1.82, 2.24) is 29.5 Å². The minimum absolute atomic E-state index is 0.492. The number of aromatic nitrogens is 6. The normalized spacial score (nSPS) is 15.8. The molecule has 0 atom stereocenters. The van der Waals surface area contributed by atoms with Crippen LogP contribution in [0.15, 0.2) is 36.9 Å². The predicted octanol–water partition coefficient (Wildman–Crippen LogP) is 3.41. The van der Waals surface area contributed by atoms with Crippen LogP contribution in [0.4, 0.5) is 5.95 Å². The van der Waals surface area contributed by atoms with Gasteiger partial charge in [-0.15, -0.1) is 0 Å². The van der Waals surface area contributed by atoms with Crippen molar-refractivity contribution in [3.05, 3.63) is 36.9 Å². The second kappa shape index (κ2) is 5.84. The highest BCUT2D eigenvalue weighted by atomic mass is 15.2. The predicted molar refractivity (Wildman–Crippen MR) is 96.4 cm³/mol. The Hall–Kier alpha value is -2.96. The molecule has 1 aliphatic rings. The second-order valence-corrected chi connectivity index (χ2v) is 6.58. The summed E-state index contributed by atoms with van der Waals surface area (Å²) in [6, 6.07) is 4.34. The standard InChI is InChI=1S/C18H19N7/c1-2-4-12(5-3-1)22-18-20-11-14-13(10-19-17(14)24-18)15-7-9-25-16(23-15)6-8-21-25/h6-12H,1-5H2,(H2,19,20,22,24). The summed E-state index contributed by atoms with van der Waals surface area (Å²) in [5, 5.41) is 8.63. The van der Waals surface area contributed by atoms with Crippen molar-refractivity contribution < 1.29 is 0 Å². The van der Waals surface area contributed by atoms with Crippen LogP contribution in [0.3, 0.4) is 0 Å². The third-order valence-corrected chi connectivity index (χ3v) is 4.90. The molecule has 0 unspecified atom stereocenters. The average molecular weight is 333 g/mol. The molecule has 0 radical (unpaired) electrons. The fourth-order valence-corrected chi connectivity index (χ4v) is 3.58. The number of nitrogens with one attached hydrogen (secondary N) is 2. The summed E-state index contributed by atoms with van der Waals surface area (Å²) < 4.78 is 1.75. The molecule has 1 fully saturated rings. The number of hydrogen-bond acceptors (Lipinski definition) is 5. The van der Waals surface area contributed by atoms with Crippen molar-refractivity contribution >= 4 is 22.6 Å². The molecule has 1 aliphatic carbocycles. The van der Waals surface area contributed by atoms with Gasteiger partial charge in [-0.05, 0) is 18.9 Å². The van der Waals surface area contributed by atoms with E-state index in [4.69, 9.17) is 0 Å². The molecule has 7 heteroatoms. The Morgan fingerprint density at radius 2 is 2.04 bits per heavy atom. The smallest absolute Gasteiger partial charge is 0.224 e. The summed E-state index contributed by atoms with van der Waals surface area (Å²) in [5.41, 5.74) is 3.54. The van der Waals surface area contributed by atoms with E-state index >= 15 is 0 Å². The van der Waals surface area contributed by atoms with Crippen LogP contribution < -0.4 is 5.32 Å². The van der Waals surface area contributed by atoms with Gasteiger partial charge in [-0.1, -0.05) is 19.3 Å². The Bertz CT molecular complexity index is 1030. The maximum Gasteiger partial charge on any atom is 0.224 e. The van der Waals surface area contributed by atoms with Crippen LogP contribution in [0.1, 0.15) is 32.1 Å². The van der Waals surface area contributed by atoms with Gasteiger partial charge in [-0.25, -0.2) is 14.5 Å². The van der Waals surface area contributed by atoms with Gasteiger partial charge in [0, 0.05) is 41.6 Å². The molecule has 0 bridgehead atoms. The van der Waals surface area contributed by atoms with Crippen LogP contribution in [0.25, 0.3) is 27.9 Å². The van der Waals surface area contributed by atoms with Crippen molar-refractivity contribution in [2.75, 3.05) is 5.32 Å². The Morgan fingerprint density at radius 3 is 2.96 bits per heavy atom. The zero-order valence-electron chi connectivity index (χ0n) is 13.8. The average Bonchev–Trinajstić information content (AvgIpc) is 3.28. The summed E-state index contributed by atoms with van der Waals surface area (Å²) in [6.07, 6.45) is 13.8. The number of fused-ring (bicyclic) bond motifs is 2. The van der Waals surface area contributed by atoms with Crippen molar-refractivity contribution in [1.29, 1.82) is 0 Å². The third-order valence-electron chi connectivity index (χ3n) is 4.90. The van der Waals surface area contributed by atoms with Crippen molar-refractivity contribution in [3.8, 4) is 11.3 Å². The number of aromatic amines is 1. The minimum atomic E-state index is 0.492. The molecular formula is C18H19N7. The summed E-state index contributed by atoms with van der Waals surface area (Å²) in [6.45, 7) is 0. The summed E-state index contributed by atoms with van der Waals surface area (Å²) in [5.74, 6) is 0.701. The van der Waals surface area contributed by atoms with Crippen LogP contribution in [0, 0.1) is 0 Å². The molecular weight excluding hydrogens is 314 g/mol. The number of H-pyrrole nitrogens is 1. The van der Waals surface area contributed by atoms with E-state index in [0.717, 1.165) is 27.9 Å². The molecule has 7 nitrogen and oxygen atoms in total. The number of anilines is 1. The monoisotopic (exact) mass is 333 g/mol. The largest absolute Gasteiger partial charge is 0.351 e. The van der Waals surface area contributed by atoms with E-state index in [1.54, 1.807) is 10.7 Å². The highest BCUT2D eigenvalue weighted by Crippen LogP contribution is 2.27. The van der Waals surface area contributed by atoms with Gasteiger partial charge in [-0.3, -0.25) is 0 Å². The van der Waals surface area contributed by atoms with Gasteiger partial charge in [0.25, 0.3) is 0 Å². The molecule has 0 spiro atoms. The number of nitrogens with zero attached hydrogens (tertiary/aromatic N) is 5. The topological polar surface area (TPSA) is 83.8 Å². The Balaban J connectivity index is 1.48. The van der Waals surface area contributed by atoms with Gasteiger partial charge in [0.2, 0.25) is 5.95 Å². The molecule has 5 rings (SSSR count). The van der Waals surface area contributed by atoms with E-state index in [1.165, 1.54) is 32.1 Å². The quantitative estimate of drug-likeness (QED) is 0.600. The highest BCUT2D eigenvalue weighted by molar-refractivity contribution is 5.92. The van der Waals surface area contributed by atoms with Crippen LogP contribution in [0.2, 0.25) is 0 Å². The molecule has 0 saturated heterocycles. The van der Waals surface area contributed by atoms with Crippen LogP contribution >= 0.6 is 0 Å². The van der Waals surface area contributed by atoms with Gasteiger partial charge in [0.15, 0.2) is 5.65 Å². The van der Waals surface area contributed by atoms with Crippen molar-refractivity contribution in [3.63, 3.8) is 0 Å². The maximum absolute atomic E-state index is 4.65. The van der Waals surface area contributed by atoms with Crippen LogP contribution in [-0.4, -0.2) is 35.6 Å². The van der Waals surface area contributed by atoms with Crippen LogP contribution in [-0.2, 0) is 0 Å². The lowest BCUT2D eigenvalue weighted by atomic mass is 9.96. The van der Waals surface area contributed by atoms with Crippen LogP contribution in [0.5, 0.6) is 0 Å². The van der Waals surface area contributed by atoms with Gasteiger partial charge >= 0.3 is 0 Å².